The fourth-order valence-electron chi connectivity index (χ4n) is 3.94. The lowest BCUT2D eigenvalue weighted by atomic mass is 9.83. The quantitative estimate of drug-likeness (QED) is 0.165. The van der Waals surface area contributed by atoms with E-state index in [1.54, 1.807) is 32.2 Å². The number of ether oxygens (including phenoxy) is 3. The largest absolute Gasteiger partial charge is 0.490 e. The van der Waals surface area contributed by atoms with Crippen molar-refractivity contribution in [3.63, 3.8) is 0 Å². The number of nitrogens with one attached hydrogen (secondary N) is 2. The van der Waals surface area contributed by atoms with Crippen LogP contribution in [0.3, 0.4) is 0 Å². The predicted molar refractivity (Wildman–Crippen MR) is 130 cm³/mol. The minimum atomic E-state index is -2.92. The summed E-state index contributed by atoms with van der Waals surface area (Å²) < 4.78 is 41.6. The van der Waals surface area contributed by atoms with Crippen LogP contribution in [0.2, 0.25) is 0 Å². The summed E-state index contributed by atoms with van der Waals surface area (Å²) in [5.74, 6) is 0.990. The fraction of sp³-hybridized carbons (Fsp3) is 0.682. The van der Waals surface area contributed by atoms with Gasteiger partial charge in [0.2, 0.25) is 0 Å². The van der Waals surface area contributed by atoms with Crippen molar-refractivity contribution in [1.82, 2.24) is 10.6 Å². The average molecular weight is 555 g/mol. The van der Waals surface area contributed by atoms with Crippen LogP contribution in [0.15, 0.2) is 23.2 Å². The van der Waals surface area contributed by atoms with E-state index in [-0.39, 0.29) is 41.7 Å². The van der Waals surface area contributed by atoms with Crippen molar-refractivity contribution in [2.45, 2.75) is 59.1 Å². The molecule has 1 aromatic rings. The zero-order chi connectivity index (χ0) is 21.8. The first kappa shape index (κ1) is 27.7. The molecule has 0 aromatic heterocycles. The second-order valence-electron chi connectivity index (χ2n) is 7.49. The Morgan fingerprint density at radius 3 is 2.52 bits per heavy atom. The molecule has 2 rings (SSSR count). The van der Waals surface area contributed by atoms with Crippen LogP contribution in [0.25, 0.3) is 0 Å². The van der Waals surface area contributed by atoms with E-state index in [1.807, 2.05) is 6.92 Å². The van der Waals surface area contributed by atoms with Gasteiger partial charge < -0.3 is 24.8 Å². The highest BCUT2D eigenvalue weighted by Crippen LogP contribution is 2.40. The van der Waals surface area contributed by atoms with E-state index >= 15 is 0 Å². The van der Waals surface area contributed by atoms with E-state index in [1.165, 1.54) is 25.7 Å². The summed E-state index contributed by atoms with van der Waals surface area (Å²) in [5.41, 5.74) is 0.794. The maximum Gasteiger partial charge on any atom is 0.387 e. The summed E-state index contributed by atoms with van der Waals surface area (Å²) in [5, 5.41) is 6.62. The second kappa shape index (κ2) is 14.7. The SMILES string of the molecule is CCOCCC1(CNC(=NC)NCc2cccc(OCC)c2OC(F)F)CCCC1.I. The van der Waals surface area contributed by atoms with Gasteiger partial charge in [-0.3, -0.25) is 4.99 Å². The van der Waals surface area contributed by atoms with Crippen molar-refractivity contribution < 1.29 is 23.0 Å². The summed E-state index contributed by atoms with van der Waals surface area (Å²) >= 11 is 0. The van der Waals surface area contributed by atoms with Crippen molar-refractivity contribution in [2.75, 3.05) is 33.4 Å². The van der Waals surface area contributed by atoms with Gasteiger partial charge >= 0.3 is 6.61 Å². The molecular formula is C22H36F2IN3O3. The standard InChI is InChI=1S/C22H35F2N3O3.HI/c1-4-28-14-13-22(11-6-7-12-22)16-27-21(25-3)26-15-17-9-8-10-18(29-5-2)19(17)30-20(23)24;/h8-10,20H,4-7,11-16H2,1-3H3,(H2,25,26,27);1H. The third kappa shape index (κ3) is 8.96. The number of alkyl halides is 2. The van der Waals surface area contributed by atoms with E-state index in [9.17, 15) is 8.78 Å². The first-order chi connectivity index (χ1) is 14.5. The van der Waals surface area contributed by atoms with Crippen molar-refractivity contribution >= 4 is 29.9 Å². The number of aliphatic imine (C=N–C) groups is 1. The van der Waals surface area contributed by atoms with Gasteiger partial charge in [0, 0.05) is 38.9 Å². The lowest BCUT2D eigenvalue weighted by molar-refractivity contribution is -0.0520. The van der Waals surface area contributed by atoms with Crippen LogP contribution in [-0.2, 0) is 11.3 Å². The molecule has 0 radical (unpaired) electrons. The van der Waals surface area contributed by atoms with Crippen molar-refractivity contribution in [2.24, 2.45) is 10.4 Å². The third-order valence-electron chi connectivity index (χ3n) is 5.51. The van der Waals surface area contributed by atoms with Crippen LogP contribution in [0.5, 0.6) is 11.5 Å². The number of rotatable bonds is 12. The molecule has 0 heterocycles. The van der Waals surface area contributed by atoms with E-state index in [4.69, 9.17) is 14.2 Å². The molecule has 31 heavy (non-hydrogen) atoms. The summed E-state index contributed by atoms with van der Waals surface area (Å²) in [6.07, 6.45) is 5.84. The Balaban J connectivity index is 0.00000480. The molecule has 0 bridgehead atoms. The van der Waals surface area contributed by atoms with Gasteiger partial charge in [-0.15, -0.1) is 24.0 Å². The highest BCUT2D eigenvalue weighted by molar-refractivity contribution is 14.0. The molecule has 0 unspecified atom stereocenters. The van der Waals surface area contributed by atoms with Crippen molar-refractivity contribution in [3.8, 4) is 11.5 Å². The van der Waals surface area contributed by atoms with Gasteiger partial charge in [-0.05, 0) is 44.6 Å². The third-order valence-corrected chi connectivity index (χ3v) is 5.51. The monoisotopic (exact) mass is 555 g/mol. The molecule has 0 saturated heterocycles. The van der Waals surface area contributed by atoms with Crippen LogP contribution in [-0.4, -0.2) is 46.0 Å². The van der Waals surface area contributed by atoms with Crippen LogP contribution < -0.4 is 20.1 Å². The molecular weight excluding hydrogens is 519 g/mol. The number of halogens is 3. The van der Waals surface area contributed by atoms with Crippen LogP contribution in [0.4, 0.5) is 8.78 Å². The average Bonchev–Trinajstić information content (AvgIpc) is 3.19. The van der Waals surface area contributed by atoms with Gasteiger partial charge in [0.25, 0.3) is 0 Å². The van der Waals surface area contributed by atoms with Crippen molar-refractivity contribution in [1.29, 1.82) is 0 Å². The molecule has 0 amide bonds. The summed E-state index contributed by atoms with van der Waals surface area (Å²) in [6.45, 7) is 3.84. The lowest BCUT2D eigenvalue weighted by Gasteiger charge is -2.30. The first-order valence-corrected chi connectivity index (χ1v) is 10.8. The summed E-state index contributed by atoms with van der Waals surface area (Å²) in [6, 6.07) is 5.12. The second-order valence-corrected chi connectivity index (χ2v) is 7.49. The Hall–Kier alpha value is -1.36. The molecule has 9 heteroatoms. The Bertz CT molecular complexity index is 671. The molecule has 6 nitrogen and oxygen atoms in total. The van der Waals surface area contributed by atoms with Crippen LogP contribution >= 0.6 is 24.0 Å². The molecule has 0 atom stereocenters. The topological polar surface area (TPSA) is 64.1 Å². The minimum absolute atomic E-state index is 0. The maximum absolute atomic E-state index is 12.9. The molecule has 178 valence electrons. The molecule has 1 aliphatic carbocycles. The van der Waals surface area contributed by atoms with Gasteiger partial charge in [0.1, 0.15) is 0 Å². The Kier molecular flexibility index (Phi) is 13.1. The maximum atomic E-state index is 12.9. The molecule has 1 saturated carbocycles. The zero-order valence-electron chi connectivity index (χ0n) is 18.7. The Morgan fingerprint density at radius 2 is 1.90 bits per heavy atom. The van der Waals surface area contributed by atoms with E-state index in [0.717, 1.165) is 26.2 Å². The number of hydrogen-bond acceptors (Lipinski definition) is 4. The highest BCUT2D eigenvalue weighted by atomic mass is 127. The van der Waals surface area contributed by atoms with E-state index in [2.05, 4.69) is 15.6 Å². The van der Waals surface area contributed by atoms with Gasteiger partial charge in [0.05, 0.1) is 6.61 Å². The van der Waals surface area contributed by atoms with Crippen molar-refractivity contribution in [3.05, 3.63) is 23.8 Å². The lowest BCUT2D eigenvalue weighted by Crippen LogP contribution is -2.43. The first-order valence-electron chi connectivity index (χ1n) is 10.8. The smallest absolute Gasteiger partial charge is 0.387 e. The number of nitrogens with zero attached hydrogens (tertiary/aromatic N) is 1. The molecule has 0 spiro atoms. The normalized spacial score (nSPS) is 15.5. The number of para-hydroxylation sites is 1. The molecule has 1 aromatic carbocycles. The number of hydrogen-bond donors (Lipinski definition) is 2. The Morgan fingerprint density at radius 1 is 1.16 bits per heavy atom. The fourth-order valence-corrected chi connectivity index (χ4v) is 3.94. The molecule has 1 aliphatic rings. The molecule has 0 aliphatic heterocycles. The number of benzene rings is 1. The van der Waals surface area contributed by atoms with Gasteiger partial charge in [-0.2, -0.15) is 8.78 Å². The van der Waals surface area contributed by atoms with Gasteiger partial charge in [-0.25, -0.2) is 0 Å². The molecule has 1 fully saturated rings. The summed E-state index contributed by atoms with van der Waals surface area (Å²) in [7, 11) is 1.70. The predicted octanol–water partition coefficient (Wildman–Crippen LogP) is 4.96. The van der Waals surface area contributed by atoms with E-state index in [0.29, 0.717) is 23.9 Å². The molecule has 2 N–H and O–H groups in total. The highest BCUT2D eigenvalue weighted by Gasteiger charge is 2.33. The Labute approximate surface area is 201 Å². The number of guanidine groups is 1. The van der Waals surface area contributed by atoms with E-state index < -0.39 is 6.61 Å². The van der Waals surface area contributed by atoms with Crippen LogP contribution in [0.1, 0.15) is 51.5 Å². The minimum Gasteiger partial charge on any atom is -0.490 e. The zero-order valence-corrected chi connectivity index (χ0v) is 21.0. The van der Waals surface area contributed by atoms with Gasteiger partial charge in [0.15, 0.2) is 17.5 Å². The van der Waals surface area contributed by atoms with Crippen LogP contribution in [0, 0.1) is 5.41 Å². The summed E-state index contributed by atoms with van der Waals surface area (Å²) in [4.78, 5) is 4.28. The van der Waals surface area contributed by atoms with Gasteiger partial charge in [-0.1, -0.05) is 25.0 Å².